The molecule has 0 unspecified atom stereocenters. The van der Waals surface area contributed by atoms with Gasteiger partial charge in [0.15, 0.2) is 0 Å². The number of rotatable bonds is 10. The number of hydrogen-bond acceptors (Lipinski definition) is 7. The zero-order chi connectivity index (χ0) is 26.8. The molecule has 0 fully saturated rings. The second-order valence-corrected chi connectivity index (χ2v) is 10.9. The minimum atomic E-state index is -0.298. The summed E-state index contributed by atoms with van der Waals surface area (Å²) in [5.41, 5.74) is 5.20. The Bertz CT molecular complexity index is 1640. The van der Waals surface area contributed by atoms with Crippen LogP contribution in [0.4, 0.5) is 15.9 Å². The van der Waals surface area contributed by atoms with Gasteiger partial charge in [0.1, 0.15) is 35.1 Å². The number of anilines is 2. The fourth-order valence-corrected chi connectivity index (χ4v) is 6.47. The molecular formula is C29H27ClFN5O2S. The van der Waals surface area contributed by atoms with Crippen LogP contribution < -0.4 is 10.1 Å². The van der Waals surface area contributed by atoms with Gasteiger partial charge in [0.05, 0.1) is 16.6 Å². The molecular weight excluding hydrogens is 537 g/mol. The summed E-state index contributed by atoms with van der Waals surface area (Å²) in [4.78, 5) is 11.3. The molecule has 0 radical (unpaired) electrons. The largest absolute Gasteiger partial charge is 0.487 e. The first-order valence-electron chi connectivity index (χ1n) is 13.0. The Labute approximate surface area is 234 Å². The van der Waals surface area contributed by atoms with Gasteiger partial charge in [0.2, 0.25) is 0 Å². The Morgan fingerprint density at radius 3 is 2.87 bits per heavy atom. The van der Waals surface area contributed by atoms with E-state index in [0.29, 0.717) is 10.8 Å². The number of aryl methyl sites for hydroxylation is 2. The fraction of sp³-hybridized carbons (Fsp3) is 0.276. The molecule has 3 heterocycles. The van der Waals surface area contributed by atoms with Gasteiger partial charge in [-0.15, -0.1) is 11.3 Å². The molecule has 39 heavy (non-hydrogen) atoms. The van der Waals surface area contributed by atoms with Crippen LogP contribution in [0.15, 0.2) is 55.0 Å². The standard InChI is InChI=1S/C29H27ClFN5O2S/c30-23-14-20(7-10-25(23)38-16-18-5-4-6-19(31)13-18)35-28-26-21-8-9-24-22(27(21)39-29(26)33-17-32-28)15-34-36(24)11-2-1-3-12-37/h4-7,10,13-15,17,37H,1-3,8-9,11-12,16H2,(H,32,33,35). The summed E-state index contributed by atoms with van der Waals surface area (Å²) < 4.78 is 21.4. The van der Waals surface area contributed by atoms with Crippen molar-refractivity contribution in [3.8, 4) is 16.2 Å². The third-order valence-electron chi connectivity index (χ3n) is 6.90. The lowest BCUT2D eigenvalue weighted by molar-refractivity contribution is 0.281. The summed E-state index contributed by atoms with van der Waals surface area (Å²) in [5, 5.41) is 18.6. The van der Waals surface area contributed by atoms with Gasteiger partial charge >= 0.3 is 0 Å². The quantitative estimate of drug-likeness (QED) is 0.179. The third kappa shape index (κ3) is 5.34. The second kappa shape index (κ2) is 11.3. The molecule has 6 rings (SSSR count). The van der Waals surface area contributed by atoms with Gasteiger partial charge in [0, 0.05) is 35.0 Å². The van der Waals surface area contributed by atoms with Gasteiger partial charge in [-0.3, -0.25) is 4.68 Å². The van der Waals surface area contributed by atoms with Crippen molar-refractivity contribution in [1.29, 1.82) is 0 Å². The average Bonchev–Trinajstić information content (AvgIpc) is 3.52. The topological polar surface area (TPSA) is 85.1 Å². The highest BCUT2D eigenvalue weighted by molar-refractivity contribution is 7.22. The smallest absolute Gasteiger partial charge is 0.142 e. The van der Waals surface area contributed by atoms with Crippen LogP contribution in [0.5, 0.6) is 5.75 Å². The van der Waals surface area contributed by atoms with Crippen LogP contribution in [0.2, 0.25) is 5.02 Å². The number of unbranched alkanes of at least 4 members (excludes halogenated alkanes) is 2. The second-order valence-electron chi connectivity index (χ2n) is 9.51. The molecule has 0 saturated carbocycles. The maximum atomic E-state index is 13.5. The van der Waals surface area contributed by atoms with Crippen LogP contribution >= 0.6 is 22.9 Å². The van der Waals surface area contributed by atoms with Crippen LogP contribution in [0.1, 0.15) is 36.1 Å². The van der Waals surface area contributed by atoms with E-state index in [4.69, 9.17) is 21.4 Å². The first kappa shape index (κ1) is 25.7. The average molecular weight is 564 g/mol. The van der Waals surface area contributed by atoms with Crippen molar-refractivity contribution < 1.29 is 14.2 Å². The Morgan fingerprint density at radius 2 is 2.03 bits per heavy atom. The van der Waals surface area contributed by atoms with Gasteiger partial charge in [0.25, 0.3) is 0 Å². The SMILES string of the molecule is OCCCCCn1ncc2c1CCc1c-2sc2ncnc(Nc3ccc(OCc4cccc(F)c4)c(Cl)c3)c12. The number of nitrogens with zero attached hydrogens (tertiary/aromatic N) is 4. The number of hydrogen-bond donors (Lipinski definition) is 2. The number of halogens is 2. The van der Waals surface area contributed by atoms with Gasteiger partial charge < -0.3 is 15.2 Å². The molecule has 0 saturated heterocycles. The minimum Gasteiger partial charge on any atom is -0.487 e. The van der Waals surface area contributed by atoms with Crippen LogP contribution in [0.3, 0.4) is 0 Å². The molecule has 0 spiro atoms. The molecule has 200 valence electrons. The molecule has 1 aliphatic rings. The number of fused-ring (bicyclic) bond motifs is 5. The first-order chi connectivity index (χ1) is 19.1. The van der Waals surface area contributed by atoms with E-state index in [9.17, 15) is 4.39 Å². The normalized spacial score (nSPS) is 12.4. The van der Waals surface area contributed by atoms with E-state index in [2.05, 4.69) is 25.1 Å². The zero-order valence-corrected chi connectivity index (χ0v) is 22.7. The summed E-state index contributed by atoms with van der Waals surface area (Å²) in [5.74, 6) is 0.961. The number of ether oxygens (including phenoxy) is 1. The van der Waals surface area contributed by atoms with Gasteiger partial charge in [-0.05, 0) is 73.6 Å². The zero-order valence-electron chi connectivity index (χ0n) is 21.2. The van der Waals surface area contributed by atoms with Crippen molar-refractivity contribution in [2.45, 2.75) is 45.3 Å². The lowest BCUT2D eigenvalue weighted by Crippen LogP contribution is -2.10. The van der Waals surface area contributed by atoms with Gasteiger partial charge in [-0.25, -0.2) is 14.4 Å². The Kier molecular flexibility index (Phi) is 7.45. The summed E-state index contributed by atoms with van der Waals surface area (Å²) in [6.07, 6.45) is 8.17. The van der Waals surface area contributed by atoms with Crippen molar-refractivity contribution in [2.24, 2.45) is 0 Å². The summed E-state index contributed by atoms with van der Waals surface area (Å²) in [6.45, 7) is 1.32. The lowest BCUT2D eigenvalue weighted by atomic mass is 9.95. The molecule has 0 atom stereocenters. The summed E-state index contributed by atoms with van der Waals surface area (Å²) in [7, 11) is 0. The third-order valence-corrected chi connectivity index (χ3v) is 8.37. The lowest BCUT2D eigenvalue weighted by Gasteiger charge is -2.16. The number of aliphatic hydroxyl groups is 1. The maximum Gasteiger partial charge on any atom is 0.142 e. The molecule has 7 nitrogen and oxygen atoms in total. The Hall–Kier alpha value is -3.53. The Morgan fingerprint density at radius 1 is 1.10 bits per heavy atom. The molecule has 1 aliphatic carbocycles. The number of benzene rings is 2. The molecule has 10 heteroatoms. The molecule has 2 aromatic carbocycles. The monoisotopic (exact) mass is 563 g/mol. The van der Waals surface area contributed by atoms with Crippen LogP contribution in [-0.4, -0.2) is 31.5 Å². The van der Waals surface area contributed by atoms with Crippen LogP contribution in [0.25, 0.3) is 20.7 Å². The molecule has 3 aromatic heterocycles. The van der Waals surface area contributed by atoms with E-state index in [0.717, 1.165) is 65.9 Å². The molecule has 5 aromatic rings. The highest BCUT2D eigenvalue weighted by Crippen LogP contribution is 2.45. The predicted molar refractivity (Wildman–Crippen MR) is 152 cm³/mol. The maximum absolute atomic E-state index is 13.5. The van der Waals surface area contributed by atoms with E-state index < -0.39 is 0 Å². The van der Waals surface area contributed by atoms with Crippen molar-refractivity contribution in [3.63, 3.8) is 0 Å². The molecule has 2 N–H and O–H groups in total. The summed E-state index contributed by atoms with van der Waals surface area (Å²) in [6, 6.07) is 11.8. The van der Waals surface area contributed by atoms with Crippen LogP contribution in [-0.2, 0) is 26.0 Å². The highest BCUT2D eigenvalue weighted by Gasteiger charge is 2.27. The fourth-order valence-electron chi connectivity index (χ4n) is 5.01. The van der Waals surface area contributed by atoms with Crippen molar-refractivity contribution in [1.82, 2.24) is 19.7 Å². The van der Waals surface area contributed by atoms with E-state index >= 15 is 0 Å². The van der Waals surface area contributed by atoms with E-state index in [1.54, 1.807) is 35.9 Å². The van der Waals surface area contributed by atoms with Crippen molar-refractivity contribution in [3.05, 3.63) is 82.6 Å². The number of aromatic nitrogens is 4. The van der Waals surface area contributed by atoms with Gasteiger partial charge in [-0.1, -0.05) is 23.7 Å². The van der Waals surface area contributed by atoms with E-state index in [1.165, 1.54) is 33.8 Å². The van der Waals surface area contributed by atoms with Crippen molar-refractivity contribution in [2.75, 3.05) is 11.9 Å². The number of aliphatic hydroxyl groups excluding tert-OH is 1. The molecule has 0 aliphatic heterocycles. The predicted octanol–water partition coefficient (Wildman–Crippen LogP) is 6.93. The number of nitrogens with one attached hydrogen (secondary N) is 1. The van der Waals surface area contributed by atoms with Gasteiger partial charge in [-0.2, -0.15) is 5.10 Å². The molecule has 0 amide bonds. The highest BCUT2D eigenvalue weighted by atomic mass is 35.5. The first-order valence-corrected chi connectivity index (χ1v) is 14.2. The van der Waals surface area contributed by atoms with Crippen LogP contribution in [0, 0.1) is 5.82 Å². The van der Waals surface area contributed by atoms with E-state index in [1.807, 2.05) is 18.3 Å². The summed E-state index contributed by atoms with van der Waals surface area (Å²) >= 11 is 8.20. The number of thiophene rings is 1. The van der Waals surface area contributed by atoms with E-state index in [-0.39, 0.29) is 19.0 Å². The molecule has 0 bridgehead atoms. The van der Waals surface area contributed by atoms with Crippen molar-refractivity contribution >= 4 is 44.7 Å². The minimum absolute atomic E-state index is 0.221. The Balaban J connectivity index is 1.22.